The van der Waals surface area contributed by atoms with Gasteiger partial charge in [-0.1, -0.05) is 115 Å². The van der Waals surface area contributed by atoms with Crippen molar-refractivity contribution in [3.8, 4) is 27.9 Å². The summed E-state index contributed by atoms with van der Waals surface area (Å²) in [6, 6.07) is 52.3. The third-order valence-corrected chi connectivity index (χ3v) is 10.7. The number of imidazole rings is 1. The highest BCUT2D eigenvalue weighted by Crippen LogP contribution is 2.53. The van der Waals surface area contributed by atoms with Gasteiger partial charge in [0.25, 0.3) is 0 Å². The number of para-hydroxylation sites is 3. The summed E-state index contributed by atoms with van der Waals surface area (Å²) in [5.41, 5.74) is 11.2. The second kappa shape index (κ2) is 9.94. The number of anilines is 2. The van der Waals surface area contributed by atoms with E-state index in [1.165, 1.54) is 55.3 Å². The molecule has 0 spiro atoms. The molecule has 0 aliphatic carbocycles. The first kappa shape index (κ1) is 27.7. The van der Waals surface area contributed by atoms with Crippen molar-refractivity contribution in [1.82, 2.24) is 14.1 Å². The summed E-state index contributed by atoms with van der Waals surface area (Å²) in [4.78, 5) is 7.82. The van der Waals surface area contributed by atoms with Crippen LogP contribution in [0.1, 0.15) is 27.7 Å². The Balaban J connectivity index is 1.44. The molecule has 0 saturated heterocycles. The van der Waals surface area contributed by atoms with Gasteiger partial charge >= 0.3 is 0 Å². The highest BCUT2D eigenvalue weighted by Gasteiger charge is 2.53. The summed E-state index contributed by atoms with van der Waals surface area (Å²) in [6.45, 7) is 9.39. The molecular formula is C43H36N4. The molecule has 228 valence electrons. The molecule has 4 heteroatoms. The minimum absolute atomic E-state index is 0.230. The van der Waals surface area contributed by atoms with E-state index in [-0.39, 0.29) is 11.1 Å². The van der Waals surface area contributed by atoms with Gasteiger partial charge in [0, 0.05) is 27.6 Å². The van der Waals surface area contributed by atoms with Crippen LogP contribution in [0.25, 0.3) is 60.8 Å². The summed E-state index contributed by atoms with van der Waals surface area (Å²) in [7, 11) is 0. The van der Waals surface area contributed by atoms with Crippen LogP contribution in [0.4, 0.5) is 11.6 Å². The van der Waals surface area contributed by atoms with Crippen LogP contribution in [0.2, 0.25) is 0 Å². The predicted octanol–water partition coefficient (Wildman–Crippen LogP) is 11.1. The fourth-order valence-electron chi connectivity index (χ4n) is 7.82. The lowest BCUT2D eigenvalue weighted by Crippen LogP contribution is -2.50. The standard InChI is InChI=1S/C43H36N4/c1-42(2)43(3,4)47-40-35(44-41(47)46(42)31-21-12-7-13-22-31)27-28-37-38(40)34-23-14-15-26-36(34)45(37)39-32(29-17-8-5-9-18-29)24-16-25-33(39)30-19-10-6-11-20-30/h5-28H,1-4H3. The highest BCUT2D eigenvalue weighted by atomic mass is 15.4. The van der Waals surface area contributed by atoms with E-state index in [0.717, 1.165) is 17.2 Å². The van der Waals surface area contributed by atoms with Crippen molar-refractivity contribution in [3.05, 3.63) is 146 Å². The average molecular weight is 609 g/mol. The Hall–Kier alpha value is -5.61. The Labute approximate surface area is 275 Å². The SMILES string of the molecule is CC1(C)N(c2ccccc2)c2nc3ccc4c(c5ccccc5n4-c4c(-c5ccccc5)cccc4-c4ccccc4)c3n2C1(C)C. The Morgan fingerprint density at radius 2 is 1.09 bits per heavy atom. The molecule has 6 aromatic carbocycles. The molecule has 3 heterocycles. The predicted molar refractivity (Wildman–Crippen MR) is 197 cm³/mol. The molecule has 2 aromatic heterocycles. The molecule has 47 heavy (non-hydrogen) atoms. The van der Waals surface area contributed by atoms with Crippen LogP contribution < -0.4 is 4.90 Å². The summed E-state index contributed by atoms with van der Waals surface area (Å²) in [5.74, 6) is 0.986. The van der Waals surface area contributed by atoms with Gasteiger partial charge in [0.05, 0.1) is 38.8 Å². The molecule has 0 N–H and O–H groups in total. The molecule has 0 amide bonds. The van der Waals surface area contributed by atoms with Gasteiger partial charge in [0.15, 0.2) is 0 Å². The second-order valence-corrected chi connectivity index (χ2v) is 13.6. The molecule has 1 aliphatic heterocycles. The van der Waals surface area contributed by atoms with Gasteiger partial charge in [-0.05, 0) is 69.2 Å². The van der Waals surface area contributed by atoms with E-state index in [1.54, 1.807) is 0 Å². The van der Waals surface area contributed by atoms with E-state index < -0.39 is 0 Å². The van der Waals surface area contributed by atoms with Gasteiger partial charge in [-0.25, -0.2) is 4.98 Å². The van der Waals surface area contributed by atoms with Gasteiger partial charge < -0.3 is 14.0 Å². The second-order valence-electron chi connectivity index (χ2n) is 13.6. The van der Waals surface area contributed by atoms with Gasteiger partial charge in [0.1, 0.15) is 0 Å². The molecule has 9 rings (SSSR count). The Morgan fingerprint density at radius 1 is 0.511 bits per heavy atom. The molecule has 8 aromatic rings. The first-order chi connectivity index (χ1) is 22.9. The molecule has 0 saturated carbocycles. The van der Waals surface area contributed by atoms with Crippen LogP contribution in [0.5, 0.6) is 0 Å². The zero-order valence-corrected chi connectivity index (χ0v) is 27.1. The highest BCUT2D eigenvalue weighted by molar-refractivity contribution is 6.21. The molecule has 0 unspecified atom stereocenters. The van der Waals surface area contributed by atoms with E-state index in [4.69, 9.17) is 4.98 Å². The maximum Gasteiger partial charge on any atom is 0.212 e. The van der Waals surface area contributed by atoms with Crippen LogP contribution in [0.3, 0.4) is 0 Å². The maximum absolute atomic E-state index is 5.39. The molecule has 0 fully saturated rings. The first-order valence-electron chi connectivity index (χ1n) is 16.4. The number of hydrogen-bond acceptors (Lipinski definition) is 2. The van der Waals surface area contributed by atoms with E-state index in [1.807, 2.05) is 0 Å². The molecule has 1 aliphatic rings. The normalized spacial score (nSPS) is 15.1. The van der Waals surface area contributed by atoms with Gasteiger partial charge in [-0.15, -0.1) is 0 Å². The summed E-state index contributed by atoms with van der Waals surface area (Å²) >= 11 is 0. The maximum atomic E-state index is 5.39. The van der Waals surface area contributed by atoms with E-state index in [9.17, 15) is 0 Å². The van der Waals surface area contributed by atoms with Crippen molar-refractivity contribution >= 4 is 44.5 Å². The third-order valence-electron chi connectivity index (χ3n) is 10.7. The molecule has 4 nitrogen and oxygen atoms in total. The molecule has 0 radical (unpaired) electrons. The van der Waals surface area contributed by atoms with Gasteiger partial charge in [-0.3, -0.25) is 0 Å². The fraction of sp³-hybridized carbons (Fsp3) is 0.140. The van der Waals surface area contributed by atoms with Crippen LogP contribution in [-0.2, 0) is 5.54 Å². The average Bonchev–Trinajstić information content (AvgIpc) is 3.69. The van der Waals surface area contributed by atoms with Crippen molar-refractivity contribution in [2.45, 2.75) is 38.8 Å². The van der Waals surface area contributed by atoms with E-state index in [0.29, 0.717) is 0 Å². The van der Waals surface area contributed by atoms with Crippen molar-refractivity contribution in [1.29, 1.82) is 0 Å². The molecule has 0 atom stereocenters. The van der Waals surface area contributed by atoms with E-state index >= 15 is 0 Å². The lowest BCUT2D eigenvalue weighted by molar-refractivity contribution is 0.253. The third kappa shape index (κ3) is 3.79. The topological polar surface area (TPSA) is 26.0 Å². The van der Waals surface area contributed by atoms with Crippen molar-refractivity contribution in [2.75, 3.05) is 4.90 Å². The van der Waals surface area contributed by atoms with E-state index in [2.05, 4.69) is 187 Å². The number of benzene rings is 6. The number of fused-ring (bicyclic) bond motifs is 7. The summed E-state index contributed by atoms with van der Waals surface area (Å²) in [6.07, 6.45) is 0. The fourth-order valence-corrected chi connectivity index (χ4v) is 7.82. The first-order valence-corrected chi connectivity index (χ1v) is 16.4. The lowest BCUT2D eigenvalue weighted by Gasteiger charge is -2.41. The summed E-state index contributed by atoms with van der Waals surface area (Å²) < 4.78 is 5.01. The van der Waals surface area contributed by atoms with Crippen LogP contribution in [-0.4, -0.2) is 19.7 Å². The van der Waals surface area contributed by atoms with Crippen molar-refractivity contribution in [3.63, 3.8) is 0 Å². The number of aromatic nitrogens is 3. The summed E-state index contributed by atoms with van der Waals surface area (Å²) in [5, 5.41) is 2.46. The minimum atomic E-state index is -0.262. The monoisotopic (exact) mass is 608 g/mol. The van der Waals surface area contributed by atoms with Crippen molar-refractivity contribution < 1.29 is 0 Å². The van der Waals surface area contributed by atoms with Crippen LogP contribution in [0, 0.1) is 0 Å². The smallest absolute Gasteiger partial charge is 0.212 e. The number of rotatable bonds is 4. The minimum Gasteiger partial charge on any atom is -0.308 e. The largest absolute Gasteiger partial charge is 0.308 e. The van der Waals surface area contributed by atoms with Gasteiger partial charge in [-0.2, -0.15) is 0 Å². The zero-order valence-electron chi connectivity index (χ0n) is 27.1. The lowest BCUT2D eigenvalue weighted by atomic mass is 9.82. The quantitative estimate of drug-likeness (QED) is 0.199. The Bertz CT molecular complexity index is 2390. The zero-order chi connectivity index (χ0) is 31.9. The van der Waals surface area contributed by atoms with Crippen molar-refractivity contribution in [2.24, 2.45) is 0 Å². The number of nitrogens with zero attached hydrogens (tertiary/aromatic N) is 4. The van der Waals surface area contributed by atoms with Crippen LogP contribution in [0.15, 0.2) is 146 Å². The Morgan fingerprint density at radius 3 is 1.72 bits per heavy atom. The Kier molecular flexibility index (Phi) is 5.86. The molecule has 0 bridgehead atoms. The molecular weight excluding hydrogens is 573 g/mol. The number of hydrogen-bond donors (Lipinski definition) is 0. The van der Waals surface area contributed by atoms with Crippen LogP contribution >= 0.6 is 0 Å². The van der Waals surface area contributed by atoms with Gasteiger partial charge in [0.2, 0.25) is 5.95 Å².